The normalized spacial score (nSPS) is 20.9. The van der Waals surface area contributed by atoms with Gasteiger partial charge in [-0.05, 0) is 39.3 Å². The van der Waals surface area contributed by atoms with E-state index >= 15 is 0 Å². The van der Waals surface area contributed by atoms with Crippen LogP contribution in [-0.4, -0.2) is 54.2 Å². The molecule has 2 N–H and O–H groups in total. The Balaban J connectivity index is 2.77. The van der Waals surface area contributed by atoms with Crippen LogP contribution in [0.5, 0.6) is 0 Å². The number of ether oxygens (including phenoxy) is 1. The van der Waals surface area contributed by atoms with Crippen LogP contribution in [0.1, 0.15) is 27.7 Å². The van der Waals surface area contributed by atoms with E-state index in [0.717, 1.165) is 0 Å². The number of aliphatic imine (C=N–C) groups is 2. The Morgan fingerprint density at radius 3 is 2.85 bits per heavy atom. The molecule has 1 aliphatic rings. The number of guanidine groups is 1. The molecule has 0 aromatic carbocycles. The maximum Gasteiger partial charge on any atom is 0.320 e. The summed E-state index contributed by atoms with van der Waals surface area (Å²) in [6.07, 6.45) is -0.435. The third kappa shape index (κ3) is 4.97. The number of carbonyl (C=O) groups excluding carboxylic acids is 1. The van der Waals surface area contributed by atoms with Crippen LogP contribution in [0.3, 0.4) is 0 Å². The summed E-state index contributed by atoms with van der Waals surface area (Å²) in [7, 11) is 0. The molecule has 1 rings (SSSR count). The highest BCUT2D eigenvalue weighted by molar-refractivity contribution is 6.66. The average Bonchev–Trinajstić information content (AvgIpc) is 2.35. The van der Waals surface area contributed by atoms with Gasteiger partial charge in [0.1, 0.15) is 0 Å². The van der Waals surface area contributed by atoms with Gasteiger partial charge in [-0.15, -0.1) is 0 Å². The number of esters is 1. The fourth-order valence-electron chi connectivity index (χ4n) is 1.71. The zero-order valence-corrected chi connectivity index (χ0v) is 13.1. The van der Waals surface area contributed by atoms with Crippen molar-refractivity contribution in [1.29, 1.82) is 0 Å². The van der Waals surface area contributed by atoms with Crippen molar-refractivity contribution in [3.05, 3.63) is 0 Å². The molecule has 0 spiro atoms. The topological polar surface area (TPSA) is 78.3 Å². The van der Waals surface area contributed by atoms with Gasteiger partial charge in [-0.3, -0.25) is 10.1 Å². The Bertz CT molecular complexity index is 397. The average molecular weight is 304 g/mol. The van der Waals surface area contributed by atoms with E-state index in [0.29, 0.717) is 19.1 Å². The molecule has 7 nitrogen and oxygen atoms in total. The molecule has 8 heteroatoms. The minimum atomic E-state index is -0.435. The minimum Gasteiger partial charge on any atom is -0.465 e. The number of amidine groups is 1. The standard InChI is InChI=1S/C12H22ClN5O2/c1-5-18-11(14-7-9(19)20-6-2)16-10(13)17-12(18)15-8(3)4/h8,11,14H,5-7H2,1-4H3,(H,15,16,17). The van der Waals surface area contributed by atoms with Crippen molar-refractivity contribution >= 4 is 28.8 Å². The maximum atomic E-state index is 11.4. The minimum absolute atomic E-state index is 0.0671. The predicted molar refractivity (Wildman–Crippen MR) is 79.8 cm³/mol. The Kier molecular flexibility index (Phi) is 6.74. The van der Waals surface area contributed by atoms with Crippen LogP contribution < -0.4 is 10.6 Å². The summed E-state index contributed by atoms with van der Waals surface area (Å²) in [5.74, 6) is 0.319. The Morgan fingerprint density at radius 2 is 2.30 bits per heavy atom. The van der Waals surface area contributed by atoms with E-state index < -0.39 is 6.29 Å². The molecule has 0 radical (unpaired) electrons. The fraction of sp³-hybridized carbons (Fsp3) is 0.750. The highest BCUT2D eigenvalue weighted by Crippen LogP contribution is 2.07. The number of rotatable bonds is 6. The van der Waals surface area contributed by atoms with E-state index in [4.69, 9.17) is 16.3 Å². The molecule has 114 valence electrons. The summed E-state index contributed by atoms with van der Waals surface area (Å²) in [4.78, 5) is 22.0. The monoisotopic (exact) mass is 303 g/mol. The number of halogens is 1. The third-order valence-corrected chi connectivity index (χ3v) is 2.67. The van der Waals surface area contributed by atoms with E-state index in [9.17, 15) is 4.79 Å². The van der Waals surface area contributed by atoms with Gasteiger partial charge >= 0.3 is 5.97 Å². The van der Waals surface area contributed by atoms with Gasteiger partial charge in [0.25, 0.3) is 0 Å². The van der Waals surface area contributed by atoms with Crippen LogP contribution in [0.15, 0.2) is 9.98 Å². The fourth-order valence-corrected chi connectivity index (χ4v) is 1.88. The van der Waals surface area contributed by atoms with Gasteiger partial charge in [-0.1, -0.05) is 0 Å². The lowest BCUT2D eigenvalue weighted by molar-refractivity contribution is -0.142. The first-order valence-electron chi connectivity index (χ1n) is 6.71. The second-order valence-corrected chi connectivity index (χ2v) is 4.79. The third-order valence-electron chi connectivity index (χ3n) is 2.47. The molecule has 0 aromatic heterocycles. The molecular formula is C12H22ClN5O2. The number of carbonyl (C=O) groups is 1. The smallest absolute Gasteiger partial charge is 0.320 e. The van der Waals surface area contributed by atoms with Crippen molar-refractivity contribution in [2.75, 3.05) is 19.7 Å². The first-order valence-corrected chi connectivity index (χ1v) is 7.09. The largest absolute Gasteiger partial charge is 0.465 e. The van der Waals surface area contributed by atoms with Crippen LogP contribution in [0.25, 0.3) is 0 Å². The van der Waals surface area contributed by atoms with Gasteiger partial charge in [0.05, 0.1) is 13.2 Å². The molecule has 1 unspecified atom stereocenters. The van der Waals surface area contributed by atoms with Crippen molar-refractivity contribution in [2.24, 2.45) is 9.98 Å². The number of nitrogens with one attached hydrogen (secondary N) is 2. The Hall–Kier alpha value is -1.34. The van der Waals surface area contributed by atoms with Crippen molar-refractivity contribution < 1.29 is 9.53 Å². The maximum absolute atomic E-state index is 11.4. The molecule has 0 fully saturated rings. The van der Waals surface area contributed by atoms with E-state index in [2.05, 4.69) is 20.6 Å². The van der Waals surface area contributed by atoms with Crippen LogP contribution in [0.4, 0.5) is 0 Å². The van der Waals surface area contributed by atoms with E-state index in [1.807, 2.05) is 25.7 Å². The summed E-state index contributed by atoms with van der Waals surface area (Å²) in [5.41, 5.74) is 0. The zero-order chi connectivity index (χ0) is 15.1. The van der Waals surface area contributed by atoms with Crippen molar-refractivity contribution in [3.63, 3.8) is 0 Å². The molecule has 1 heterocycles. The highest BCUT2D eigenvalue weighted by Gasteiger charge is 2.26. The van der Waals surface area contributed by atoms with Crippen LogP contribution >= 0.6 is 11.6 Å². The van der Waals surface area contributed by atoms with Crippen molar-refractivity contribution in [2.45, 2.75) is 40.0 Å². The Labute approximate surface area is 124 Å². The van der Waals surface area contributed by atoms with E-state index in [1.54, 1.807) is 6.92 Å². The second kappa shape index (κ2) is 8.06. The summed E-state index contributed by atoms with van der Waals surface area (Å²) >= 11 is 5.96. The van der Waals surface area contributed by atoms with Crippen molar-refractivity contribution in [1.82, 2.24) is 15.5 Å². The number of hydrogen-bond acceptors (Lipinski definition) is 5. The summed E-state index contributed by atoms with van der Waals surface area (Å²) in [6, 6.07) is 0.125. The van der Waals surface area contributed by atoms with Gasteiger partial charge in [0, 0.05) is 12.6 Å². The molecule has 20 heavy (non-hydrogen) atoms. The van der Waals surface area contributed by atoms with Gasteiger partial charge in [-0.25, -0.2) is 9.98 Å². The molecule has 1 aliphatic heterocycles. The first kappa shape index (κ1) is 16.7. The summed E-state index contributed by atoms with van der Waals surface area (Å²) in [5, 5.41) is 6.17. The molecule has 0 aromatic rings. The lowest BCUT2D eigenvalue weighted by atomic mass is 10.4. The van der Waals surface area contributed by atoms with Gasteiger partial charge in [0.2, 0.25) is 11.3 Å². The highest BCUT2D eigenvalue weighted by atomic mass is 35.5. The van der Waals surface area contributed by atoms with Gasteiger partial charge < -0.3 is 15.0 Å². The van der Waals surface area contributed by atoms with Crippen LogP contribution in [0, 0.1) is 0 Å². The SMILES string of the molecule is CCOC(=O)CNC1N=C(Cl)NC(=NC(C)C)N1CC. The molecule has 0 amide bonds. The number of nitrogens with zero attached hydrogens (tertiary/aromatic N) is 3. The van der Waals surface area contributed by atoms with Gasteiger partial charge in [0.15, 0.2) is 6.29 Å². The first-order chi connectivity index (χ1) is 9.47. The van der Waals surface area contributed by atoms with Crippen LogP contribution in [0.2, 0.25) is 0 Å². The van der Waals surface area contributed by atoms with Gasteiger partial charge in [-0.2, -0.15) is 0 Å². The molecular weight excluding hydrogens is 282 g/mol. The lowest BCUT2D eigenvalue weighted by Crippen LogP contribution is -2.58. The second-order valence-electron chi connectivity index (χ2n) is 4.44. The Morgan fingerprint density at radius 1 is 1.60 bits per heavy atom. The zero-order valence-electron chi connectivity index (χ0n) is 12.3. The molecule has 0 saturated heterocycles. The molecule has 1 atom stereocenters. The van der Waals surface area contributed by atoms with E-state index in [1.165, 1.54) is 0 Å². The molecule has 0 bridgehead atoms. The van der Waals surface area contributed by atoms with E-state index in [-0.39, 0.29) is 23.9 Å². The molecule has 0 aliphatic carbocycles. The van der Waals surface area contributed by atoms with Crippen LogP contribution in [-0.2, 0) is 9.53 Å². The lowest BCUT2D eigenvalue weighted by Gasteiger charge is -2.35. The quantitative estimate of drug-likeness (QED) is 0.558. The number of hydrogen-bond donors (Lipinski definition) is 2. The van der Waals surface area contributed by atoms with Crippen molar-refractivity contribution in [3.8, 4) is 0 Å². The summed E-state index contributed by atoms with van der Waals surface area (Å²) < 4.78 is 4.87. The summed E-state index contributed by atoms with van der Waals surface area (Å²) in [6.45, 7) is 8.79. The predicted octanol–water partition coefficient (Wildman–Crippen LogP) is 0.707. The molecule has 0 saturated carbocycles.